The highest BCUT2D eigenvalue weighted by Crippen LogP contribution is 2.40. The molecule has 0 spiro atoms. The van der Waals surface area contributed by atoms with Crippen LogP contribution in [-0.2, 0) is 20.7 Å². The van der Waals surface area contributed by atoms with Gasteiger partial charge in [-0.2, -0.15) is 0 Å². The third-order valence-electron chi connectivity index (χ3n) is 5.85. The highest BCUT2D eigenvalue weighted by Gasteiger charge is 2.37. The molecular weight excluding hydrogens is 360 g/mol. The largest absolute Gasteiger partial charge is 0.493 e. The van der Waals surface area contributed by atoms with Crippen molar-refractivity contribution >= 4 is 11.9 Å². The Morgan fingerprint density at radius 2 is 1.89 bits per heavy atom. The van der Waals surface area contributed by atoms with Gasteiger partial charge in [0.2, 0.25) is 5.91 Å². The quantitative estimate of drug-likeness (QED) is 0.776. The van der Waals surface area contributed by atoms with E-state index in [1.54, 1.807) is 14.2 Å². The molecule has 1 amide bonds. The van der Waals surface area contributed by atoms with Crippen molar-refractivity contribution in [1.29, 1.82) is 0 Å². The number of rotatable bonds is 5. The molecule has 7 nitrogen and oxygen atoms in total. The molecule has 0 saturated carbocycles. The zero-order chi connectivity index (χ0) is 20.3. The lowest BCUT2D eigenvalue weighted by molar-refractivity contribution is -0.146. The molecule has 1 N–H and O–H groups in total. The van der Waals surface area contributed by atoms with E-state index in [0.29, 0.717) is 24.1 Å². The minimum Gasteiger partial charge on any atom is -0.493 e. The number of ether oxygens (including phenoxy) is 3. The number of hydrogen-bond acceptors (Lipinski definition) is 6. The molecule has 0 aliphatic carbocycles. The number of carbonyl (C=O) groups is 2. The zero-order valence-corrected chi connectivity index (χ0v) is 17.1. The topological polar surface area (TPSA) is 77.1 Å². The van der Waals surface area contributed by atoms with Crippen LogP contribution >= 0.6 is 0 Å². The maximum Gasteiger partial charge on any atom is 0.307 e. The first kappa shape index (κ1) is 20.5. The van der Waals surface area contributed by atoms with Crippen molar-refractivity contribution in [2.24, 2.45) is 5.92 Å². The van der Waals surface area contributed by atoms with Crippen LogP contribution < -0.4 is 14.8 Å². The number of esters is 1. The average Bonchev–Trinajstić information content (AvgIpc) is 2.72. The number of amides is 1. The van der Waals surface area contributed by atoms with Crippen molar-refractivity contribution in [3.05, 3.63) is 23.3 Å². The second-order valence-electron chi connectivity index (χ2n) is 7.56. The van der Waals surface area contributed by atoms with Gasteiger partial charge in [-0.3, -0.25) is 9.59 Å². The Hall–Kier alpha value is -2.28. The highest BCUT2D eigenvalue weighted by molar-refractivity contribution is 5.81. The molecule has 0 bridgehead atoms. The standard InChI is InChI=1S/C21H30N2O5/c1-13-9-15(5-7-22-13)21(25)23-8-6-14-10-18(26-2)19(27-3)11-16(14)17(23)12-20(24)28-4/h10-11,13,15,17,22H,5-9,12H2,1-4H3/t13-,15-,17?/m0/s1. The predicted octanol–water partition coefficient (Wildman–Crippen LogP) is 2.08. The number of fused-ring (bicyclic) bond motifs is 1. The highest BCUT2D eigenvalue weighted by atomic mass is 16.5. The summed E-state index contributed by atoms with van der Waals surface area (Å²) in [7, 11) is 4.57. The van der Waals surface area contributed by atoms with Crippen molar-refractivity contribution in [3.8, 4) is 11.5 Å². The molecule has 3 rings (SSSR count). The number of benzene rings is 1. The number of methoxy groups -OCH3 is 3. The lowest BCUT2D eigenvalue weighted by atomic mass is 9.86. The van der Waals surface area contributed by atoms with E-state index in [2.05, 4.69) is 12.2 Å². The summed E-state index contributed by atoms with van der Waals surface area (Å²) < 4.78 is 15.8. The van der Waals surface area contributed by atoms with Crippen LogP contribution in [0.4, 0.5) is 0 Å². The van der Waals surface area contributed by atoms with Gasteiger partial charge < -0.3 is 24.4 Å². The molecule has 154 valence electrons. The first-order valence-electron chi connectivity index (χ1n) is 9.84. The number of nitrogens with zero attached hydrogens (tertiary/aromatic N) is 1. The molecule has 0 aromatic heterocycles. The van der Waals surface area contributed by atoms with Gasteiger partial charge in [-0.25, -0.2) is 0 Å². The Morgan fingerprint density at radius 3 is 2.54 bits per heavy atom. The Morgan fingerprint density at radius 1 is 1.18 bits per heavy atom. The minimum atomic E-state index is -0.353. The molecule has 3 atom stereocenters. The Balaban J connectivity index is 1.95. The molecule has 2 heterocycles. The van der Waals surface area contributed by atoms with E-state index in [0.717, 1.165) is 36.9 Å². The van der Waals surface area contributed by atoms with E-state index in [4.69, 9.17) is 14.2 Å². The molecule has 1 aromatic carbocycles. The van der Waals surface area contributed by atoms with Gasteiger partial charge in [-0.05, 0) is 56.0 Å². The van der Waals surface area contributed by atoms with Crippen molar-refractivity contribution in [3.63, 3.8) is 0 Å². The SMILES string of the molecule is COC(=O)CC1c2cc(OC)c(OC)cc2CCN1C(=O)[C@H]1CCN[C@@H](C)C1. The monoisotopic (exact) mass is 390 g/mol. The summed E-state index contributed by atoms with van der Waals surface area (Å²) in [5.41, 5.74) is 2.01. The van der Waals surface area contributed by atoms with E-state index in [1.165, 1.54) is 7.11 Å². The summed E-state index contributed by atoms with van der Waals surface area (Å²) >= 11 is 0. The molecule has 28 heavy (non-hydrogen) atoms. The third-order valence-corrected chi connectivity index (χ3v) is 5.85. The Bertz CT molecular complexity index is 736. The van der Waals surface area contributed by atoms with Crippen molar-refractivity contribution in [2.45, 2.75) is 44.7 Å². The van der Waals surface area contributed by atoms with Crippen LogP contribution in [0.2, 0.25) is 0 Å². The molecule has 2 aliphatic rings. The van der Waals surface area contributed by atoms with Gasteiger partial charge in [0, 0.05) is 18.5 Å². The fourth-order valence-electron chi connectivity index (χ4n) is 4.34. The van der Waals surface area contributed by atoms with Gasteiger partial charge in [0.25, 0.3) is 0 Å². The van der Waals surface area contributed by atoms with Crippen molar-refractivity contribution in [2.75, 3.05) is 34.4 Å². The minimum absolute atomic E-state index is 0.0157. The van der Waals surface area contributed by atoms with Crippen LogP contribution in [0.5, 0.6) is 11.5 Å². The molecule has 0 radical (unpaired) electrons. The molecule has 2 aliphatic heterocycles. The Labute approximate surface area is 166 Å². The lowest BCUT2D eigenvalue weighted by Crippen LogP contribution is -2.47. The number of nitrogens with one attached hydrogen (secondary N) is 1. The number of piperidine rings is 1. The second-order valence-corrected chi connectivity index (χ2v) is 7.56. The van der Waals surface area contributed by atoms with Crippen LogP contribution in [0.3, 0.4) is 0 Å². The first-order valence-corrected chi connectivity index (χ1v) is 9.84. The molecule has 1 fully saturated rings. The fourth-order valence-corrected chi connectivity index (χ4v) is 4.34. The first-order chi connectivity index (χ1) is 13.5. The van der Waals surface area contributed by atoms with Crippen molar-refractivity contribution in [1.82, 2.24) is 10.2 Å². The van der Waals surface area contributed by atoms with Gasteiger partial charge in [-0.1, -0.05) is 0 Å². The summed E-state index contributed by atoms with van der Waals surface area (Å²) in [5, 5.41) is 3.39. The van der Waals surface area contributed by atoms with Gasteiger partial charge >= 0.3 is 5.97 Å². The third kappa shape index (κ3) is 4.09. The normalized spacial score (nSPS) is 24.3. The second kappa shape index (κ2) is 8.82. The van der Waals surface area contributed by atoms with Crippen molar-refractivity contribution < 1.29 is 23.8 Å². The Kier molecular flexibility index (Phi) is 6.44. The van der Waals surface area contributed by atoms with E-state index < -0.39 is 0 Å². The molecular formula is C21H30N2O5. The van der Waals surface area contributed by atoms with Gasteiger partial charge in [0.15, 0.2) is 11.5 Å². The zero-order valence-electron chi connectivity index (χ0n) is 17.1. The summed E-state index contributed by atoms with van der Waals surface area (Å²) in [5.74, 6) is 1.04. The fraction of sp³-hybridized carbons (Fsp3) is 0.619. The van der Waals surface area contributed by atoms with E-state index in [-0.39, 0.29) is 30.3 Å². The number of carbonyl (C=O) groups excluding carboxylic acids is 2. The molecule has 7 heteroatoms. The molecule has 1 saturated heterocycles. The van der Waals surface area contributed by atoms with E-state index in [1.807, 2.05) is 17.0 Å². The lowest BCUT2D eigenvalue weighted by Gasteiger charge is -2.40. The van der Waals surface area contributed by atoms with E-state index >= 15 is 0 Å². The van der Waals surface area contributed by atoms with Gasteiger partial charge in [-0.15, -0.1) is 0 Å². The summed E-state index contributed by atoms with van der Waals surface area (Å²) in [4.78, 5) is 27.4. The van der Waals surface area contributed by atoms with Crippen LogP contribution in [0.25, 0.3) is 0 Å². The summed E-state index contributed by atoms with van der Waals surface area (Å²) in [6.07, 6.45) is 2.49. The van der Waals surface area contributed by atoms with Crippen LogP contribution in [0.1, 0.15) is 43.4 Å². The molecule has 1 aromatic rings. The smallest absolute Gasteiger partial charge is 0.307 e. The van der Waals surface area contributed by atoms with Gasteiger partial charge in [0.1, 0.15) is 0 Å². The summed E-state index contributed by atoms with van der Waals surface area (Å²) in [6.45, 7) is 3.53. The number of hydrogen-bond donors (Lipinski definition) is 1. The van der Waals surface area contributed by atoms with E-state index in [9.17, 15) is 9.59 Å². The van der Waals surface area contributed by atoms with Gasteiger partial charge in [0.05, 0.1) is 33.8 Å². The maximum absolute atomic E-state index is 13.4. The summed E-state index contributed by atoms with van der Waals surface area (Å²) in [6, 6.07) is 3.82. The molecule has 1 unspecified atom stereocenters. The van der Waals surface area contributed by atoms with Crippen LogP contribution in [-0.4, -0.2) is 57.2 Å². The predicted molar refractivity (Wildman–Crippen MR) is 105 cm³/mol. The van der Waals surface area contributed by atoms with Crippen LogP contribution in [0.15, 0.2) is 12.1 Å². The van der Waals surface area contributed by atoms with Crippen LogP contribution in [0, 0.1) is 5.92 Å². The average molecular weight is 390 g/mol. The maximum atomic E-state index is 13.4.